The lowest BCUT2D eigenvalue weighted by Crippen LogP contribution is -2.40. The lowest BCUT2D eigenvalue weighted by atomic mass is 10.2. The fraction of sp³-hybridized carbons (Fsp3) is 0.312. The van der Waals surface area contributed by atoms with Crippen LogP contribution in [0.3, 0.4) is 0 Å². The number of hydrogen-bond donors (Lipinski definition) is 1. The summed E-state index contributed by atoms with van der Waals surface area (Å²) in [5, 5.41) is 2.93. The molecule has 1 amide bonds. The second kappa shape index (κ2) is 7.17. The van der Waals surface area contributed by atoms with Gasteiger partial charge in [0.25, 0.3) is 15.9 Å². The summed E-state index contributed by atoms with van der Waals surface area (Å²) in [7, 11) is -3.78. The standard InChI is InChI=1S/C16H17ClN2O5S/c1-11-12(17)3-2-4-13(11)18-16(20)14-5-6-15(24-14)25(21,22)19-7-9-23-10-8-19/h2-6H,7-10H2,1H3,(H,18,20). The van der Waals surface area contributed by atoms with E-state index in [9.17, 15) is 13.2 Å². The minimum atomic E-state index is -3.78. The number of hydrogen-bond acceptors (Lipinski definition) is 5. The molecule has 1 aromatic heterocycles. The van der Waals surface area contributed by atoms with E-state index >= 15 is 0 Å². The first-order valence-corrected chi connectivity index (χ1v) is 9.45. The van der Waals surface area contributed by atoms with Crippen molar-refractivity contribution in [1.29, 1.82) is 0 Å². The molecule has 0 bridgehead atoms. The molecule has 0 atom stereocenters. The van der Waals surface area contributed by atoms with Gasteiger partial charge < -0.3 is 14.5 Å². The molecule has 1 aromatic carbocycles. The molecule has 0 saturated carbocycles. The molecule has 9 heteroatoms. The number of anilines is 1. The van der Waals surface area contributed by atoms with Crippen LogP contribution in [0, 0.1) is 6.92 Å². The van der Waals surface area contributed by atoms with Gasteiger partial charge in [-0.25, -0.2) is 8.42 Å². The second-order valence-electron chi connectivity index (χ2n) is 5.50. The maximum atomic E-state index is 12.5. The van der Waals surface area contributed by atoms with Crippen LogP contribution in [0.15, 0.2) is 39.8 Å². The van der Waals surface area contributed by atoms with Gasteiger partial charge in [-0.15, -0.1) is 0 Å². The number of rotatable bonds is 4. The highest BCUT2D eigenvalue weighted by molar-refractivity contribution is 7.89. The lowest BCUT2D eigenvalue weighted by Gasteiger charge is -2.24. The average Bonchev–Trinajstić information content (AvgIpc) is 3.11. The van der Waals surface area contributed by atoms with Crippen LogP contribution in [0.5, 0.6) is 0 Å². The highest BCUT2D eigenvalue weighted by atomic mass is 35.5. The van der Waals surface area contributed by atoms with E-state index in [-0.39, 0.29) is 23.9 Å². The maximum absolute atomic E-state index is 12.5. The number of morpholine rings is 1. The van der Waals surface area contributed by atoms with Gasteiger partial charge in [-0.05, 0) is 36.8 Å². The zero-order valence-corrected chi connectivity index (χ0v) is 15.1. The first kappa shape index (κ1) is 17.9. The summed E-state index contributed by atoms with van der Waals surface area (Å²) >= 11 is 6.02. The first-order chi connectivity index (χ1) is 11.9. The van der Waals surface area contributed by atoms with Crippen LogP contribution in [0.2, 0.25) is 5.02 Å². The van der Waals surface area contributed by atoms with Crippen LogP contribution in [0.4, 0.5) is 5.69 Å². The van der Waals surface area contributed by atoms with Gasteiger partial charge in [0.1, 0.15) is 0 Å². The Bertz CT molecular complexity index is 888. The Hall–Kier alpha value is -1.87. The topological polar surface area (TPSA) is 88.9 Å². The molecular formula is C16H17ClN2O5S. The third-order valence-electron chi connectivity index (χ3n) is 3.89. The van der Waals surface area contributed by atoms with Gasteiger partial charge in [-0.1, -0.05) is 17.7 Å². The highest BCUT2D eigenvalue weighted by Gasteiger charge is 2.30. The molecule has 1 fully saturated rings. The summed E-state index contributed by atoms with van der Waals surface area (Å²) in [4.78, 5) is 12.3. The summed E-state index contributed by atoms with van der Waals surface area (Å²) < 4.78 is 36.7. The number of nitrogens with one attached hydrogen (secondary N) is 1. The fourth-order valence-corrected chi connectivity index (χ4v) is 3.92. The van der Waals surface area contributed by atoms with Gasteiger partial charge in [0.2, 0.25) is 5.09 Å². The quantitative estimate of drug-likeness (QED) is 0.874. The van der Waals surface area contributed by atoms with E-state index in [4.69, 9.17) is 20.8 Å². The number of amides is 1. The summed E-state index contributed by atoms with van der Waals surface area (Å²) in [6.45, 7) is 2.95. The van der Waals surface area contributed by atoms with Crippen molar-refractivity contribution in [2.24, 2.45) is 0 Å². The molecule has 0 radical (unpaired) electrons. The summed E-state index contributed by atoms with van der Waals surface area (Å²) in [5.41, 5.74) is 1.25. The Balaban J connectivity index is 1.78. The molecule has 25 heavy (non-hydrogen) atoms. The molecule has 134 valence electrons. The van der Waals surface area contributed by atoms with E-state index < -0.39 is 15.9 Å². The molecule has 0 aliphatic carbocycles. The summed E-state index contributed by atoms with van der Waals surface area (Å²) in [6.07, 6.45) is 0. The van der Waals surface area contributed by atoms with Crippen LogP contribution >= 0.6 is 11.6 Å². The van der Waals surface area contributed by atoms with Crippen molar-refractivity contribution in [2.45, 2.75) is 12.0 Å². The molecule has 2 heterocycles. The van der Waals surface area contributed by atoms with Crippen molar-refractivity contribution >= 4 is 33.2 Å². The van der Waals surface area contributed by atoms with Crippen molar-refractivity contribution < 1.29 is 22.4 Å². The molecule has 1 N–H and O–H groups in total. The Morgan fingerprint density at radius 2 is 1.92 bits per heavy atom. The fourth-order valence-electron chi connectivity index (χ4n) is 2.42. The van der Waals surface area contributed by atoms with Crippen LogP contribution in [0.25, 0.3) is 0 Å². The maximum Gasteiger partial charge on any atom is 0.291 e. The van der Waals surface area contributed by atoms with Crippen molar-refractivity contribution in [3.05, 3.63) is 46.7 Å². The first-order valence-electron chi connectivity index (χ1n) is 7.64. The molecule has 0 spiro atoms. The number of sulfonamides is 1. The third kappa shape index (κ3) is 3.72. The van der Waals surface area contributed by atoms with E-state index in [1.54, 1.807) is 25.1 Å². The Kier molecular flexibility index (Phi) is 5.14. The molecule has 1 aliphatic heterocycles. The van der Waals surface area contributed by atoms with Gasteiger partial charge >= 0.3 is 0 Å². The molecule has 1 saturated heterocycles. The van der Waals surface area contributed by atoms with Crippen LogP contribution in [-0.2, 0) is 14.8 Å². The number of ether oxygens (including phenoxy) is 1. The Labute approximate surface area is 150 Å². The van der Waals surface area contributed by atoms with Crippen molar-refractivity contribution in [1.82, 2.24) is 4.31 Å². The number of carbonyl (C=O) groups is 1. The van der Waals surface area contributed by atoms with Gasteiger partial charge in [0.05, 0.1) is 13.2 Å². The summed E-state index contributed by atoms with van der Waals surface area (Å²) in [6, 6.07) is 7.74. The highest BCUT2D eigenvalue weighted by Crippen LogP contribution is 2.25. The SMILES string of the molecule is Cc1c(Cl)cccc1NC(=O)c1ccc(S(=O)(=O)N2CCOCC2)o1. The number of benzene rings is 1. The Morgan fingerprint density at radius 3 is 2.64 bits per heavy atom. The van der Waals surface area contributed by atoms with Gasteiger partial charge in [0, 0.05) is 23.8 Å². The number of halogens is 1. The molecule has 1 aliphatic rings. The summed E-state index contributed by atoms with van der Waals surface area (Å²) in [5.74, 6) is -0.639. The molecule has 3 rings (SSSR count). The van der Waals surface area contributed by atoms with E-state index in [1.165, 1.54) is 16.4 Å². The number of nitrogens with zero attached hydrogens (tertiary/aromatic N) is 1. The van der Waals surface area contributed by atoms with Gasteiger partial charge in [-0.2, -0.15) is 4.31 Å². The molecule has 0 unspecified atom stereocenters. The second-order valence-corrected chi connectivity index (χ2v) is 7.78. The smallest absolute Gasteiger partial charge is 0.291 e. The van der Waals surface area contributed by atoms with Crippen molar-refractivity contribution in [3.63, 3.8) is 0 Å². The van der Waals surface area contributed by atoms with E-state index in [0.29, 0.717) is 29.5 Å². The average molecular weight is 385 g/mol. The van der Waals surface area contributed by atoms with Gasteiger partial charge in [-0.3, -0.25) is 4.79 Å². The minimum absolute atomic E-state index is 0.0915. The van der Waals surface area contributed by atoms with E-state index in [1.807, 2.05) is 0 Å². The largest absolute Gasteiger partial charge is 0.438 e. The lowest BCUT2D eigenvalue weighted by molar-refractivity contribution is 0.0723. The monoisotopic (exact) mass is 384 g/mol. The normalized spacial score (nSPS) is 15.9. The van der Waals surface area contributed by atoms with E-state index in [2.05, 4.69) is 5.32 Å². The number of carbonyl (C=O) groups excluding carboxylic acids is 1. The minimum Gasteiger partial charge on any atom is -0.438 e. The zero-order valence-electron chi connectivity index (χ0n) is 13.5. The third-order valence-corrected chi connectivity index (χ3v) is 6.07. The zero-order chi connectivity index (χ0) is 18.0. The molecule has 7 nitrogen and oxygen atoms in total. The molecular weight excluding hydrogens is 368 g/mol. The van der Waals surface area contributed by atoms with Crippen LogP contribution < -0.4 is 5.32 Å². The van der Waals surface area contributed by atoms with Gasteiger partial charge in [0.15, 0.2) is 5.76 Å². The van der Waals surface area contributed by atoms with Crippen LogP contribution in [-0.4, -0.2) is 44.9 Å². The predicted octanol–water partition coefficient (Wildman–Crippen LogP) is 2.51. The number of furan rings is 1. The predicted molar refractivity (Wildman–Crippen MR) is 92.4 cm³/mol. The van der Waals surface area contributed by atoms with E-state index in [0.717, 1.165) is 0 Å². The van der Waals surface area contributed by atoms with Crippen LogP contribution in [0.1, 0.15) is 16.1 Å². The van der Waals surface area contributed by atoms with Crippen molar-refractivity contribution in [2.75, 3.05) is 31.6 Å². The Morgan fingerprint density at radius 1 is 1.20 bits per heavy atom. The van der Waals surface area contributed by atoms with Crippen molar-refractivity contribution in [3.8, 4) is 0 Å². The molecule has 2 aromatic rings.